The molecule has 0 amide bonds. The molecular weight excluding hydrogens is 387 g/mol. The summed E-state index contributed by atoms with van der Waals surface area (Å²) in [5, 5.41) is 13.0. The van der Waals surface area contributed by atoms with Crippen molar-refractivity contribution < 1.29 is 4.79 Å². The maximum atomic E-state index is 12.4. The second-order valence-corrected chi connectivity index (χ2v) is 7.19. The monoisotopic (exact) mass is 398 g/mol. The van der Waals surface area contributed by atoms with Crippen molar-refractivity contribution in [3.8, 4) is 17.3 Å². The van der Waals surface area contributed by atoms with Crippen LogP contribution in [0.1, 0.15) is 16.5 Å². The molecule has 0 fully saturated rings. The number of rotatable bonds is 5. The molecule has 0 spiro atoms. The van der Waals surface area contributed by atoms with Crippen LogP contribution in [0.4, 0.5) is 0 Å². The molecule has 1 unspecified atom stereocenters. The van der Waals surface area contributed by atoms with Crippen LogP contribution in [-0.4, -0.2) is 10.8 Å². The maximum Gasteiger partial charge on any atom is 0.179 e. The maximum absolute atomic E-state index is 12.4. The van der Waals surface area contributed by atoms with Gasteiger partial charge in [-0.25, -0.2) is 4.98 Å². The molecule has 0 aliphatic carbocycles. The Morgan fingerprint density at radius 3 is 2.62 bits per heavy atom. The molecule has 3 aromatic rings. The first-order valence-electron chi connectivity index (χ1n) is 7.65. The minimum Gasteiger partial charge on any atom is -0.293 e. The van der Waals surface area contributed by atoms with E-state index in [1.165, 1.54) is 17.4 Å². The van der Waals surface area contributed by atoms with Gasteiger partial charge in [0.1, 0.15) is 5.01 Å². The number of halogens is 2. The van der Waals surface area contributed by atoms with E-state index in [1.807, 2.05) is 29.6 Å². The lowest BCUT2D eigenvalue weighted by Gasteiger charge is -2.01. The second kappa shape index (κ2) is 8.29. The fraction of sp³-hybridized carbons (Fsp3) is 0.0500. The molecule has 1 atom stereocenters. The van der Waals surface area contributed by atoms with E-state index in [9.17, 15) is 10.1 Å². The molecule has 1 aromatic heterocycles. The summed E-state index contributed by atoms with van der Waals surface area (Å²) in [4.78, 5) is 16.9. The van der Waals surface area contributed by atoms with E-state index in [0.29, 0.717) is 20.7 Å². The van der Waals surface area contributed by atoms with Gasteiger partial charge in [-0.2, -0.15) is 5.26 Å². The van der Waals surface area contributed by atoms with Gasteiger partial charge in [0.15, 0.2) is 11.7 Å². The van der Waals surface area contributed by atoms with E-state index < -0.39 is 5.92 Å². The third kappa shape index (κ3) is 4.39. The smallest absolute Gasteiger partial charge is 0.179 e. The molecule has 1 heterocycles. The van der Waals surface area contributed by atoms with Crippen LogP contribution in [0.2, 0.25) is 10.0 Å². The number of carbonyl (C=O) groups excluding carboxylic acids is 1. The highest BCUT2D eigenvalue weighted by Crippen LogP contribution is 2.28. The van der Waals surface area contributed by atoms with Crippen LogP contribution < -0.4 is 0 Å². The molecule has 0 saturated carbocycles. The number of ketones is 1. The van der Waals surface area contributed by atoms with Gasteiger partial charge < -0.3 is 0 Å². The number of aromatic nitrogens is 1. The predicted molar refractivity (Wildman–Crippen MR) is 106 cm³/mol. The molecule has 3 rings (SSSR count). The Hall–Kier alpha value is -2.45. The van der Waals surface area contributed by atoms with Gasteiger partial charge in [-0.05, 0) is 35.9 Å². The van der Waals surface area contributed by atoms with E-state index >= 15 is 0 Å². The number of allylic oxidation sites excluding steroid dienone is 1. The average molecular weight is 399 g/mol. The normalized spacial score (nSPS) is 12.0. The number of hydrogen-bond donors (Lipinski definition) is 0. The Morgan fingerprint density at radius 2 is 1.92 bits per heavy atom. The Balaban J connectivity index is 1.79. The number of thiazole rings is 1. The van der Waals surface area contributed by atoms with Crippen molar-refractivity contribution in [3.05, 3.63) is 80.6 Å². The lowest BCUT2D eigenvalue weighted by molar-refractivity contribution is -0.114. The zero-order chi connectivity index (χ0) is 18.5. The summed E-state index contributed by atoms with van der Waals surface area (Å²) in [6, 6.07) is 16.4. The van der Waals surface area contributed by atoms with E-state index in [0.717, 1.165) is 11.1 Å². The average Bonchev–Trinajstić information content (AvgIpc) is 3.11. The van der Waals surface area contributed by atoms with Crippen molar-refractivity contribution in [2.45, 2.75) is 5.92 Å². The fourth-order valence-electron chi connectivity index (χ4n) is 2.30. The lowest BCUT2D eigenvalue weighted by atomic mass is 10.1. The van der Waals surface area contributed by atoms with E-state index in [-0.39, 0.29) is 5.78 Å². The molecule has 0 radical (unpaired) electrons. The Bertz CT molecular complexity index is 1000. The molecular formula is C20H12Cl2N2OS. The van der Waals surface area contributed by atoms with Crippen molar-refractivity contribution in [2.24, 2.45) is 0 Å². The fourth-order valence-corrected chi connectivity index (χ4v) is 3.50. The summed E-state index contributed by atoms with van der Waals surface area (Å²) in [5.41, 5.74) is 2.40. The van der Waals surface area contributed by atoms with Gasteiger partial charge in [-0.3, -0.25) is 4.79 Å². The largest absolute Gasteiger partial charge is 0.293 e. The highest BCUT2D eigenvalue weighted by molar-refractivity contribution is 7.10. The van der Waals surface area contributed by atoms with E-state index in [4.69, 9.17) is 23.2 Å². The summed E-state index contributed by atoms with van der Waals surface area (Å²) in [5.74, 6) is -1.25. The number of hydrogen-bond acceptors (Lipinski definition) is 4. The van der Waals surface area contributed by atoms with Crippen LogP contribution in [0.5, 0.6) is 0 Å². The van der Waals surface area contributed by atoms with Crippen LogP contribution in [0.3, 0.4) is 0 Å². The van der Waals surface area contributed by atoms with Gasteiger partial charge in [0, 0.05) is 21.0 Å². The SMILES string of the molecule is N#CC(C(=O)/C=C/c1cccc(Cl)c1)c1nc(-c2ccc(Cl)cc2)cs1. The van der Waals surface area contributed by atoms with Gasteiger partial charge >= 0.3 is 0 Å². The molecule has 0 saturated heterocycles. The molecule has 0 aliphatic rings. The highest BCUT2D eigenvalue weighted by atomic mass is 35.5. The van der Waals surface area contributed by atoms with Crippen molar-refractivity contribution in [1.82, 2.24) is 4.98 Å². The topological polar surface area (TPSA) is 53.8 Å². The van der Waals surface area contributed by atoms with Gasteiger partial charge in [-0.1, -0.05) is 53.5 Å². The second-order valence-electron chi connectivity index (χ2n) is 5.43. The Kier molecular flexibility index (Phi) is 5.85. The third-order valence-corrected chi connectivity index (χ3v) is 5.01. The lowest BCUT2D eigenvalue weighted by Crippen LogP contribution is -2.07. The van der Waals surface area contributed by atoms with Gasteiger partial charge in [0.25, 0.3) is 0 Å². The van der Waals surface area contributed by atoms with Gasteiger partial charge in [0.2, 0.25) is 0 Å². The zero-order valence-corrected chi connectivity index (χ0v) is 15.7. The van der Waals surface area contributed by atoms with E-state index in [1.54, 1.807) is 36.4 Å². The van der Waals surface area contributed by atoms with Gasteiger partial charge in [0.05, 0.1) is 11.8 Å². The molecule has 6 heteroatoms. The van der Waals surface area contributed by atoms with Crippen molar-refractivity contribution in [1.29, 1.82) is 5.26 Å². The summed E-state index contributed by atoms with van der Waals surface area (Å²) in [7, 11) is 0. The van der Waals surface area contributed by atoms with Gasteiger partial charge in [-0.15, -0.1) is 11.3 Å². The molecule has 0 N–H and O–H groups in total. The third-order valence-electron chi connectivity index (χ3n) is 3.61. The predicted octanol–water partition coefficient (Wildman–Crippen LogP) is 6.01. The van der Waals surface area contributed by atoms with Crippen LogP contribution >= 0.6 is 34.5 Å². The first kappa shape index (κ1) is 18.3. The van der Waals surface area contributed by atoms with Crippen LogP contribution in [-0.2, 0) is 4.79 Å². The molecule has 3 nitrogen and oxygen atoms in total. The Labute approximate surface area is 165 Å². The molecule has 0 aliphatic heterocycles. The highest BCUT2D eigenvalue weighted by Gasteiger charge is 2.21. The molecule has 26 heavy (non-hydrogen) atoms. The van der Waals surface area contributed by atoms with Crippen molar-refractivity contribution >= 4 is 46.4 Å². The molecule has 2 aromatic carbocycles. The minimum absolute atomic E-state index is 0.315. The van der Waals surface area contributed by atoms with Crippen LogP contribution in [0.25, 0.3) is 17.3 Å². The summed E-state index contributed by atoms with van der Waals surface area (Å²) < 4.78 is 0. The molecule has 128 valence electrons. The van der Waals surface area contributed by atoms with Crippen LogP contribution in [0.15, 0.2) is 60.0 Å². The number of carbonyl (C=O) groups is 1. The minimum atomic E-state index is -0.934. The van der Waals surface area contributed by atoms with E-state index in [2.05, 4.69) is 4.98 Å². The summed E-state index contributed by atoms with van der Waals surface area (Å²) in [6.07, 6.45) is 3.04. The number of nitriles is 1. The molecule has 0 bridgehead atoms. The number of benzene rings is 2. The Morgan fingerprint density at radius 1 is 1.15 bits per heavy atom. The standard InChI is InChI=1S/C20H12Cl2N2OS/c21-15-7-5-14(6-8-15)18-12-26-20(24-18)17(11-23)19(25)9-4-13-2-1-3-16(22)10-13/h1-10,12,17H/b9-4+. The van der Waals surface area contributed by atoms with Crippen molar-refractivity contribution in [3.63, 3.8) is 0 Å². The summed E-state index contributed by atoms with van der Waals surface area (Å²) >= 11 is 13.1. The summed E-state index contributed by atoms with van der Waals surface area (Å²) in [6.45, 7) is 0. The first-order chi connectivity index (χ1) is 12.6. The zero-order valence-electron chi connectivity index (χ0n) is 13.4. The van der Waals surface area contributed by atoms with Crippen molar-refractivity contribution in [2.75, 3.05) is 0 Å². The first-order valence-corrected chi connectivity index (χ1v) is 9.29. The quantitative estimate of drug-likeness (QED) is 0.494. The number of nitrogens with zero attached hydrogens (tertiary/aromatic N) is 2. The van der Waals surface area contributed by atoms with Crippen LogP contribution in [0, 0.1) is 11.3 Å².